The van der Waals surface area contributed by atoms with Crippen molar-refractivity contribution in [2.24, 2.45) is 0 Å². The standard InChI is InChI=1S/C23H30FN3O2/c1-16-20(17(2)29-25-16)9-10-21(28)26-12-6-11-23(26)14-22(3,4)27(15-23)19-8-5-7-18(24)13-19/h5,7-8,13H,6,9-12,14-15H2,1-4H3. The number of hydrogen-bond donors (Lipinski definition) is 0. The predicted octanol–water partition coefficient (Wildman–Crippen LogP) is 4.41. The number of nitrogens with zero attached hydrogens (tertiary/aromatic N) is 3. The van der Waals surface area contributed by atoms with E-state index in [1.54, 1.807) is 12.1 Å². The van der Waals surface area contributed by atoms with Crippen molar-refractivity contribution in [3.8, 4) is 0 Å². The van der Waals surface area contributed by atoms with Crippen LogP contribution in [0.1, 0.15) is 56.5 Å². The van der Waals surface area contributed by atoms with Gasteiger partial charge in [-0.05, 0) is 71.6 Å². The summed E-state index contributed by atoms with van der Waals surface area (Å²) in [5, 5.41) is 3.99. The third-order valence-corrected chi connectivity index (χ3v) is 6.73. The largest absolute Gasteiger partial charge is 0.364 e. The van der Waals surface area contributed by atoms with Gasteiger partial charge < -0.3 is 14.3 Å². The summed E-state index contributed by atoms with van der Waals surface area (Å²) in [5.74, 6) is 0.767. The minimum absolute atomic E-state index is 0.141. The SMILES string of the molecule is Cc1noc(C)c1CCC(=O)N1CCCC12CN(c1cccc(F)c1)C(C)(C)C2. The summed E-state index contributed by atoms with van der Waals surface area (Å²) < 4.78 is 19.1. The van der Waals surface area contributed by atoms with Gasteiger partial charge in [-0.1, -0.05) is 11.2 Å². The normalized spacial score (nSPS) is 23.3. The minimum Gasteiger partial charge on any atom is -0.364 e. The summed E-state index contributed by atoms with van der Waals surface area (Å²) >= 11 is 0. The van der Waals surface area contributed by atoms with Crippen molar-refractivity contribution in [3.05, 3.63) is 47.1 Å². The lowest BCUT2D eigenvalue weighted by Gasteiger charge is -2.35. The predicted molar refractivity (Wildman–Crippen MR) is 110 cm³/mol. The Kier molecular flexibility index (Phi) is 4.91. The summed E-state index contributed by atoms with van der Waals surface area (Å²) in [6.45, 7) is 9.75. The lowest BCUT2D eigenvalue weighted by atomic mass is 9.87. The van der Waals surface area contributed by atoms with Crippen LogP contribution >= 0.6 is 0 Å². The maximum absolute atomic E-state index is 13.8. The van der Waals surface area contributed by atoms with Gasteiger partial charge >= 0.3 is 0 Å². The van der Waals surface area contributed by atoms with Crippen molar-refractivity contribution < 1.29 is 13.7 Å². The summed E-state index contributed by atoms with van der Waals surface area (Å²) in [7, 11) is 0. The zero-order chi connectivity index (χ0) is 20.8. The monoisotopic (exact) mass is 399 g/mol. The van der Waals surface area contributed by atoms with Gasteiger partial charge in [0.1, 0.15) is 11.6 Å². The lowest BCUT2D eigenvalue weighted by molar-refractivity contribution is -0.134. The second-order valence-corrected chi connectivity index (χ2v) is 9.23. The highest BCUT2D eigenvalue weighted by molar-refractivity contribution is 5.78. The molecule has 1 unspecified atom stereocenters. The molecule has 0 bridgehead atoms. The van der Waals surface area contributed by atoms with Crippen LogP contribution in [0.25, 0.3) is 0 Å². The first-order valence-electron chi connectivity index (χ1n) is 10.5. The van der Waals surface area contributed by atoms with E-state index >= 15 is 0 Å². The molecular formula is C23H30FN3O2. The Bertz CT molecular complexity index is 903. The number of carbonyl (C=O) groups excluding carboxylic acids is 1. The van der Waals surface area contributed by atoms with Crippen LogP contribution in [0.15, 0.2) is 28.8 Å². The van der Waals surface area contributed by atoms with Crippen molar-refractivity contribution in [3.63, 3.8) is 0 Å². The average Bonchev–Trinajstić information content (AvgIpc) is 3.29. The zero-order valence-corrected chi connectivity index (χ0v) is 17.8. The fourth-order valence-corrected chi connectivity index (χ4v) is 5.45. The maximum Gasteiger partial charge on any atom is 0.223 e. The van der Waals surface area contributed by atoms with Crippen LogP contribution < -0.4 is 4.90 Å². The first-order valence-corrected chi connectivity index (χ1v) is 10.5. The molecule has 29 heavy (non-hydrogen) atoms. The number of anilines is 1. The number of hydrogen-bond acceptors (Lipinski definition) is 4. The number of halogens is 1. The van der Waals surface area contributed by atoms with Crippen molar-refractivity contribution in [1.29, 1.82) is 0 Å². The molecule has 0 saturated carbocycles. The van der Waals surface area contributed by atoms with E-state index in [4.69, 9.17) is 4.52 Å². The Hall–Kier alpha value is -2.37. The highest BCUT2D eigenvalue weighted by atomic mass is 19.1. The molecule has 1 atom stereocenters. The highest BCUT2D eigenvalue weighted by Gasteiger charge is 2.54. The van der Waals surface area contributed by atoms with Crippen LogP contribution in [0.4, 0.5) is 10.1 Å². The molecule has 2 aromatic rings. The summed E-state index contributed by atoms with van der Waals surface area (Å²) in [5.41, 5.74) is 2.48. The van der Waals surface area contributed by atoms with Crippen molar-refractivity contribution >= 4 is 11.6 Å². The number of aromatic nitrogens is 1. The molecule has 2 aliphatic heterocycles. The van der Waals surface area contributed by atoms with Crippen LogP contribution in [-0.2, 0) is 11.2 Å². The third-order valence-electron chi connectivity index (χ3n) is 6.73. The second-order valence-electron chi connectivity index (χ2n) is 9.23. The van der Waals surface area contributed by atoms with E-state index in [1.165, 1.54) is 6.07 Å². The number of rotatable bonds is 4. The molecular weight excluding hydrogens is 369 g/mol. The Balaban J connectivity index is 1.53. The summed E-state index contributed by atoms with van der Waals surface area (Å²) in [6.07, 6.45) is 4.03. The van der Waals surface area contributed by atoms with E-state index in [-0.39, 0.29) is 22.8 Å². The number of likely N-dealkylation sites (tertiary alicyclic amines) is 1. The molecule has 2 fully saturated rings. The Morgan fingerprint density at radius 2 is 2.10 bits per heavy atom. The fourth-order valence-electron chi connectivity index (χ4n) is 5.45. The van der Waals surface area contributed by atoms with E-state index < -0.39 is 0 Å². The fraction of sp³-hybridized carbons (Fsp3) is 0.565. The zero-order valence-electron chi connectivity index (χ0n) is 17.8. The molecule has 1 aromatic carbocycles. The van der Waals surface area contributed by atoms with Gasteiger partial charge in [-0.2, -0.15) is 0 Å². The molecule has 1 spiro atoms. The Labute approximate surface area is 171 Å². The van der Waals surface area contributed by atoms with Crippen molar-refractivity contribution in [1.82, 2.24) is 10.1 Å². The van der Waals surface area contributed by atoms with Gasteiger partial charge in [-0.3, -0.25) is 4.79 Å². The van der Waals surface area contributed by atoms with Gasteiger partial charge in [0.05, 0.1) is 11.2 Å². The molecule has 156 valence electrons. The molecule has 5 nitrogen and oxygen atoms in total. The first-order chi connectivity index (χ1) is 13.7. The van der Waals surface area contributed by atoms with E-state index in [0.717, 1.165) is 55.1 Å². The van der Waals surface area contributed by atoms with Gasteiger partial charge in [0, 0.05) is 36.3 Å². The average molecular weight is 400 g/mol. The van der Waals surface area contributed by atoms with Gasteiger partial charge in [-0.15, -0.1) is 0 Å². The number of benzene rings is 1. The van der Waals surface area contributed by atoms with Gasteiger partial charge in [0.2, 0.25) is 5.91 Å². The molecule has 0 aliphatic carbocycles. The highest BCUT2D eigenvalue weighted by Crippen LogP contribution is 2.47. The second kappa shape index (κ2) is 7.15. The molecule has 0 N–H and O–H groups in total. The van der Waals surface area contributed by atoms with E-state index in [9.17, 15) is 9.18 Å². The summed E-state index contributed by atoms with van der Waals surface area (Å²) in [4.78, 5) is 17.6. The molecule has 3 heterocycles. The van der Waals surface area contributed by atoms with E-state index in [1.807, 2.05) is 19.9 Å². The molecule has 1 aromatic heterocycles. The van der Waals surface area contributed by atoms with Gasteiger partial charge in [0.15, 0.2) is 0 Å². The summed E-state index contributed by atoms with van der Waals surface area (Å²) in [6, 6.07) is 6.79. The molecule has 6 heteroatoms. The van der Waals surface area contributed by atoms with Gasteiger partial charge in [-0.25, -0.2) is 4.39 Å². The number of carbonyl (C=O) groups is 1. The molecule has 2 saturated heterocycles. The van der Waals surface area contributed by atoms with Crippen LogP contribution in [-0.4, -0.2) is 40.1 Å². The van der Waals surface area contributed by atoms with Gasteiger partial charge in [0.25, 0.3) is 0 Å². The van der Waals surface area contributed by atoms with Crippen LogP contribution in [0.3, 0.4) is 0 Å². The Morgan fingerprint density at radius 1 is 1.31 bits per heavy atom. The van der Waals surface area contributed by atoms with Crippen molar-refractivity contribution in [2.45, 2.75) is 70.9 Å². The Morgan fingerprint density at radius 3 is 2.79 bits per heavy atom. The lowest BCUT2D eigenvalue weighted by Crippen LogP contribution is -2.49. The smallest absolute Gasteiger partial charge is 0.223 e. The van der Waals surface area contributed by atoms with Crippen LogP contribution in [0.5, 0.6) is 0 Å². The topological polar surface area (TPSA) is 49.6 Å². The molecule has 4 rings (SSSR count). The number of amides is 1. The molecule has 1 amide bonds. The minimum atomic E-state index is -0.224. The van der Waals surface area contributed by atoms with E-state index in [0.29, 0.717) is 12.8 Å². The van der Waals surface area contributed by atoms with Crippen LogP contribution in [0.2, 0.25) is 0 Å². The third kappa shape index (κ3) is 3.53. The maximum atomic E-state index is 13.8. The molecule has 0 radical (unpaired) electrons. The van der Waals surface area contributed by atoms with Crippen molar-refractivity contribution in [2.75, 3.05) is 18.0 Å². The first kappa shape index (κ1) is 19.9. The van der Waals surface area contributed by atoms with E-state index in [2.05, 4.69) is 28.8 Å². The van der Waals surface area contributed by atoms with Crippen LogP contribution in [0, 0.1) is 19.7 Å². The molecule has 2 aliphatic rings. The quantitative estimate of drug-likeness (QED) is 0.764. The number of aryl methyl sites for hydroxylation is 2.